The Morgan fingerprint density at radius 2 is 2.30 bits per heavy atom. The van der Waals surface area contributed by atoms with Crippen LogP contribution in [-0.4, -0.2) is 47.8 Å². The highest BCUT2D eigenvalue weighted by Crippen LogP contribution is 2.51. The lowest BCUT2D eigenvalue weighted by atomic mass is 9.58. The average Bonchev–Trinajstić information content (AvgIpc) is 3.01. The van der Waals surface area contributed by atoms with Crippen LogP contribution in [-0.2, 0) is 4.74 Å². The van der Waals surface area contributed by atoms with Crippen molar-refractivity contribution in [2.24, 2.45) is 5.41 Å². The van der Waals surface area contributed by atoms with Crippen LogP contribution in [0.4, 0.5) is 0 Å². The van der Waals surface area contributed by atoms with Crippen LogP contribution in [0.15, 0.2) is 22.8 Å². The topological polar surface area (TPSA) is 62.9 Å². The number of carbonyl (C=O) groups is 1. The number of hydrogen-bond donors (Lipinski definition) is 1. The number of carbonyl (C=O) groups excluding carboxylic acids is 1. The first-order valence-corrected chi connectivity index (χ1v) is 7.30. The summed E-state index contributed by atoms with van der Waals surface area (Å²) < 4.78 is 10.9. The van der Waals surface area contributed by atoms with Gasteiger partial charge in [-0.3, -0.25) is 4.79 Å². The van der Waals surface area contributed by atoms with E-state index in [1.165, 1.54) is 6.26 Å². The van der Waals surface area contributed by atoms with E-state index in [2.05, 4.69) is 0 Å². The summed E-state index contributed by atoms with van der Waals surface area (Å²) in [5, 5.41) is 10.1. The molecule has 0 bridgehead atoms. The Kier molecular flexibility index (Phi) is 3.56. The number of ether oxygens (including phenoxy) is 1. The molecular weight excluding hydrogens is 258 g/mol. The molecule has 1 aliphatic carbocycles. The normalized spacial score (nSPS) is 28.4. The summed E-state index contributed by atoms with van der Waals surface area (Å²) in [6.07, 6.45) is 3.68. The molecule has 0 aromatic carbocycles. The third kappa shape index (κ3) is 2.05. The molecule has 20 heavy (non-hydrogen) atoms. The van der Waals surface area contributed by atoms with E-state index < -0.39 is 0 Å². The van der Waals surface area contributed by atoms with Crippen molar-refractivity contribution in [1.29, 1.82) is 0 Å². The summed E-state index contributed by atoms with van der Waals surface area (Å²) in [4.78, 5) is 14.0. The molecule has 2 aliphatic rings. The van der Waals surface area contributed by atoms with Crippen LogP contribution in [0, 0.1) is 5.41 Å². The van der Waals surface area contributed by atoms with Crippen molar-refractivity contribution in [3.05, 3.63) is 24.2 Å². The van der Waals surface area contributed by atoms with Crippen LogP contribution in [0.3, 0.4) is 0 Å². The van der Waals surface area contributed by atoms with E-state index in [1.54, 1.807) is 17.0 Å². The van der Waals surface area contributed by atoms with E-state index in [9.17, 15) is 9.90 Å². The van der Waals surface area contributed by atoms with Crippen molar-refractivity contribution < 1.29 is 19.1 Å². The average molecular weight is 279 g/mol. The van der Waals surface area contributed by atoms with Gasteiger partial charge in [-0.1, -0.05) is 0 Å². The Morgan fingerprint density at radius 3 is 2.85 bits per heavy atom. The largest absolute Gasteiger partial charge is 0.459 e. The van der Waals surface area contributed by atoms with Crippen LogP contribution in [0.2, 0.25) is 0 Å². The van der Waals surface area contributed by atoms with Crippen LogP contribution in [0.25, 0.3) is 0 Å². The van der Waals surface area contributed by atoms with Crippen molar-refractivity contribution in [2.75, 3.05) is 19.7 Å². The lowest BCUT2D eigenvalue weighted by Gasteiger charge is -2.56. The molecule has 3 rings (SSSR count). The molecule has 1 amide bonds. The lowest BCUT2D eigenvalue weighted by molar-refractivity contribution is -0.207. The second-order valence-electron chi connectivity index (χ2n) is 5.70. The van der Waals surface area contributed by atoms with Crippen molar-refractivity contribution in [3.8, 4) is 0 Å². The maximum absolute atomic E-state index is 12.2. The van der Waals surface area contributed by atoms with Gasteiger partial charge in [0.1, 0.15) is 0 Å². The van der Waals surface area contributed by atoms with Crippen LogP contribution >= 0.6 is 0 Å². The van der Waals surface area contributed by atoms with Gasteiger partial charge in [0.05, 0.1) is 18.5 Å². The standard InChI is InChI=1S/C15H21NO4/c1-2-19-13-10-12(17)15(13)5-7-16(8-6-15)14(18)11-4-3-9-20-11/h3-4,9,12-13,17H,2,5-8,10H2,1H3/t12-,13-/m0/s1. The number of likely N-dealkylation sites (tertiary alicyclic amines) is 1. The quantitative estimate of drug-likeness (QED) is 0.914. The zero-order valence-corrected chi connectivity index (χ0v) is 11.7. The predicted molar refractivity (Wildman–Crippen MR) is 72.3 cm³/mol. The summed E-state index contributed by atoms with van der Waals surface area (Å²) in [5.41, 5.74) is -0.143. The Morgan fingerprint density at radius 1 is 1.55 bits per heavy atom. The molecule has 1 spiro atoms. The fourth-order valence-electron chi connectivity index (χ4n) is 3.50. The number of rotatable bonds is 3. The smallest absolute Gasteiger partial charge is 0.289 e. The third-order valence-corrected chi connectivity index (χ3v) is 4.82. The van der Waals surface area contributed by atoms with Crippen LogP contribution in [0.5, 0.6) is 0 Å². The SMILES string of the molecule is CCO[C@H]1C[C@H](O)C12CCN(C(=O)c1ccco1)CC2. The molecule has 110 valence electrons. The van der Waals surface area contributed by atoms with Gasteiger partial charge in [0.25, 0.3) is 5.91 Å². The Bertz CT molecular complexity index is 460. The summed E-state index contributed by atoms with van der Waals surface area (Å²) in [7, 11) is 0. The Hall–Kier alpha value is -1.33. The van der Waals surface area contributed by atoms with Crippen molar-refractivity contribution >= 4 is 5.91 Å². The minimum absolute atomic E-state index is 0.0633. The second-order valence-corrected chi connectivity index (χ2v) is 5.70. The van der Waals surface area contributed by atoms with Crippen LogP contribution < -0.4 is 0 Å². The molecular formula is C15H21NO4. The van der Waals surface area contributed by atoms with E-state index in [-0.39, 0.29) is 23.5 Å². The van der Waals surface area contributed by atoms with Crippen molar-refractivity contribution in [2.45, 2.75) is 38.4 Å². The maximum Gasteiger partial charge on any atom is 0.289 e. The van der Waals surface area contributed by atoms with E-state index in [0.717, 1.165) is 19.3 Å². The predicted octanol–water partition coefficient (Wildman–Crippen LogP) is 1.67. The monoisotopic (exact) mass is 279 g/mol. The van der Waals surface area contributed by atoms with E-state index in [1.807, 2.05) is 6.92 Å². The van der Waals surface area contributed by atoms with E-state index >= 15 is 0 Å². The maximum atomic E-state index is 12.2. The van der Waals surface area contributed by atoms with Crippen molar-refractivity contribution in [3.63, 3.8) is 0 Å². The number of amides is 1. The Labute approximate surface area is 118 Å². The zero-order chi connectivity index (χ0) is 14.2. The highest BCUT2D eigenvalue weighted by atomic mass is 16.5. The second kappa shape index (κ2) is 5.22. The van der Waals surface area contributed by atoms with Crippen molar-refractivity contribution in [1.82, 2.24) is 4.90 Å². The van der Waals surface area contributed by atoms with Gasteiger partial charge in [0.2, 0.25) is 0 Å². The molecule has 1 aromatic rings. The first kappa shape index (κ1) is 13.6. The summed E-state index contributed by atoms with van der Waals surface area (Å²) in [5.74, 6) is 0.322. The minimum atomic E-state index is -0.292. The fraction of sp³-hybridized carbons (Fsp3) is 0.667. The third-order valence-electron chi connectivity index (χ3n) is 4.82. The molecule has 1 saturated carbocycles. The molecule has 2 atom stereocenters. The first-order chi connectivity index (χ1) is 9.67. The van der Waals surface area contributed by atoms with Gasteiger partial charge in [0.15, 0.2) is 5.76 Å². The van der Waals surface area contributed by atoms with Gasteiger partial charge in [0, 0.05) is 31.5 Å². The highest BCUT2D eigenvalue weighted by Gasteiger charge is 2.56. The number of aliphatic hydroxyl groups excluding tert-OH is 1. The summed E-state index contributed by atoms with van der Waals surface area (Å²) in [6.45, 7) is 3.96. The van der Waals surface area contributed by atoms with Crippen LogP contribution in [0.1, 0.15) is 36.7 Å². The van der Waals surface area contributed by atoms with Gasteiger partial charge in [-0.25, -0.2) is 0 Å². The number of aliphatic hydroxyl groups is 1. The van der Waals surface area contributed by atoms with E-state index in [0.29, 0.717) is 25.5 Å². The molecule has 5 nitrogen and oxygen atoms in total. The zero-order valence-electron chi connectivity index (χ0n) is 11.7. The van der Waals surface area contributed by atoms with Gasteiger partial charge in [-0.05, 0) is 31.9 Å². The molecule has 1 N–H and O–H groups in total. The molecule has 0 radical (unpaired) electrons. The molecule has 2 fully saturated rings. The number of piperidine rings is 1. The van der Waals surface area contributed by atoms with Gasteiger partial charge < -0.3 is 19.2 Å². The number of nitrogens with zero attached hydrogens (tertiary/aromatic N) is 1. The minimum Gasteiger partial charge on any atom is -0.459 e. The van der Waals surface area contributed by atoms with Gasteiger partial charge >= 0.3 is 0 Å². The molecule has 1 aromatic heterocycles. The molecule has 1 saturated heterocycles. The number of hydrogen-bond acceptors (Lipinski definition) is 4. The Balaban J connectivity index is 1.63. The summed E-state index contributed by atoms with van der Waals surface area (Å²) in [6, 6.07) is 3.41. The highest BCUT2D eigenvalue weighted by molar-refractivity contribution is 5.91. The summed E-state index contributed by atoms with van der Waals surface area (Å²) >= 11 is 0. The van der Waals surface area contributed by atoms with Gasteiger partial charge in [-0.2, -0.15) is 0 Å². The molecule has 1 aliphatic heterocycles. The molecule has 5 heteroatoms. The first-order valence-electron chi connectivity index (χ1n) is 7.30. The van der Waals surface area contributed by atoms with Gasteiger partial charge in [-0.15, -0.1) is 0 Å². The number of furan rings is 1. The van der Waals surface area contributed by atoms with E-state index in [4.69, 9.17) is 9.15 Å². The molecule has 0 unspecified atom stereocenters. The lowest BCUT2D eigenvalue weighted by Crippen LogP contribution is -2.62. The molecule has 2 heterocycles. The fourth-order valence-corrected chi connectivity index (χ4v) is 3.50.